The molecule has 0 aliphatic heterocycles. The number of aryl methyl sites for hydroxylation is 1. The van der Waals surface area contributed by atoms with Gasteiger partial charge in [0, 0.05) is 5.56 Å². The molecular formula is C21H25F. The molecule has 0 aromatic heterocycles. The topological polar surface area (TPSA) is 0 Å². The molecule has 0 saturated carbocycles. The Morgan fingerprint density at radius 3 is 2.00 bits per heavy atom. The van der Waals surface area contributed by atoms with E-state index in [0.717, 1.165) is 31.2 Å². The largest absolute Gasteiger partial charge is 0.207 e. The number of rotatable bonds is 7. The lowest BCUT2D eigenvalue weighted by molar-refractivity contribution is 0.712. The fourth-order valence-electron chi connectivity index (χ4n) is 2.50. The van der Waals surface area contributed by atoms with Crippen molar-refractivity contribution >= 4 is 5.83 Å². The Balaban J connectivity index is 2.05. The third-order valence-electron chi connectivity index (χ3n) is 3.99. The van der Waals surface area contributed by atoms with E-state index in [2.05, 4.69) is 38.1 Å². The molecule has 0 radical (unpaired) electrons. The minimum Gasteiger partial charge on any atom is -0.207 e. The number of benzene rings is 2. The SMILES string of the molecule is CCCCCC=C(F)c1ccc(-c2ccc(CC)cc2)cc1. The van der Waals surface area contributed by atoms with E-state index < -0.39 is 0 Å². The molecule has 0 heterocycles. The molecule has 0 fully saturated rings. The molecule has 2 rings (SSSR count). The monoisotopic (exact) mass is 296 g/mol. The molecule has 0 amide bonds. The minimum atomic E-state index is -0.107. The number of unbranched alkanes of at least 4 members (excludes halogenated alkanes) is 3. The van der Waals surface area contributed by atoms with E-state index in [4.69, 9.17) is 0 Å². The second-order valence-corrected chi connectivity index (χ2v) is 5.68. The second-order valence-electron chi connectivity index (χ2n) is 5.68. The number of allylic oxidation sites excluding steroid dienone is 1. The summed E-state index contributed by atoms with van der Waals surface area (Å²) < 4.78 is 14.1. The molecule has 0 nitrogen and oxygen atoms in total. The van der Waals surface area contributed by atoms with Crippen molar-refractivity contribution in [1.82, 2.24) is 0 Å². The van der Waals surface area contributed by atoms with Gasteiger partial charge in [-0.2, -0.15) is 0 Å². The van der Waals surface area contributed by atoms with E-state index in [1.165, 1.54) is 17.5 Å². The maximum atomic E-state index is 14.1. The third-order valence-corrected chi connectivity index (χ3v) is 3.99. The summed E-state index contributed by atoms with van der Waals surface area (Å²) in [6.45, 7) is 4.31. The Hall–Kier alpha value is -1.89. The van der Waals surface area contributed by atoms with Crippen LogP contribution in [0.5, 0.6) is 0 Å². The summed E-state index contributed by atoms with van der Waals surface area (Å²) in [6.07, 6.45) is 6.97. The average Bonchev–Trinajstić information content (AvgIpc) is 2.59. The van der Waals surface area contributed by atoms with Crippen LogP contribution in [0.1, 0.15) is 50.7 Å². The highest BCUT2D eigenvalue weighted by molar-refractivity contribution is 5.67. The maximum Gasteiger partial charge on any atom is 0.126 e. The Kier molecular flexibility index (Phi) is 6.39. The van der Waals surface area contributed by atoms with Crippen LogP contribution < -0.4 is 0 Å². The zero-order valence-electron chi connectivity index (χ0n) is 13.6. The van der Waals surface area contributed by atoms with E-state index >= 15 is 0 Å². The number of hydrogen-bond donors (Lipinski definition) is 0. The lowest BCUT2D eigenvalue weighted by Gasteiger charge is -2.05. The molecule has 0 atom stereocenters. The van der Waals surface area contributed by atoms with Gasteiger partial charge in [0.1, 0.15) is 5.83 Å². The van der Waals surface area contributed by atoms with Gasteiger partial charge in [0.25, 0.3) is 0 Å². The van der Waals surface area contributed by atoms with Crippen LogP contribution in [0.3, 0.4) is 0 Å². The van der Waals surface area contributed by atoms with Gasteiger partial charge in [-0.25, -0.2) is 4.39 Å². The van der Waals surface area contributed by atoms with Crippen LogP contribution in [0.2, 0.25) is 0 Å². The highest BCUT2D eigenvalue weighted by atomic mass is 19.1. The summed E-state index contributed by atoms with van der Waals surface area (Å²) in [5.74, 6) is -0.107. The maximum absolute atomic E-state index is 14.1. The summed E-state index contributed by atoms with van der Waals surface area (Å²) in [5, 5.41) is 0. The number of hydrogen-bond acceptors (Lipinski definition) is 0. The van der Waals surface area contributed by atoms with Gasteiger partial charge < -0.3 is 0 Å². The Bertz CT molecular complexity index is 591. The smallest absolute Gasteiger partial charge is 0.126 e. The van der Waals surface area contributed by atoms with Gasteiger partial charge in [-0.1, -0.05) is 75.2 Å². The van der Waals surface area contributed by atoms with Crippen LogP contribution in [-0.4, -0.2) is 0 Å². The van der Waals surface area contributed by atoms with Crippen molar-refractivity contribution in [3.05, 3.63) is 65.7 Å². The Morgan fingerprint density at radius 2 is 1.45 bits per heavy atom. The van der Waals surface area contributed by atoms with Crippen molar-refractivity contribution in [3.63, 3.8) is 0 Å². The van der Waals surface area contributed by atoms with Gasteiger partial charge in [-0.05, 0) is 42.0 Å². The van der Waals surface area contributed by atoms with Crippen LogP contribution in [0.4, 0.5) is 4.39 Å². The van der Waals surface area contributed by atoms with Crippen LogP contribution in [-0.2, 0) is 6.42 Å². The summed E-state index contributed by atoms with van der Waals surface area (Å²) in [6, 6.07) is 16.3. The molecule has 0 spiro atoms. The highest BCUT2D eigenvalue weighted by Crippen LogP contribution is 2.24. The number of halogens is 1. The van der Waals surface area contributed by atoms with E-state index in [1.54, 1.807) is 6.08 Å². The van der Waals surface area contributed by atoms with Crippen molar-refractivity contribution in [2.45, 2.75) is 46.0 Å². The molecule has 1 heteroatoms. The van der Waals surface area contributed by atoms with Crippen molar-refractivity contribution in [2.24, 2.45) is 0 Å². The van der Waals surface area contributed by atoms with E-state index in [-0.39, 0.29) is 5.83 Å². The first-order chi connectivity index (χ1) is 10.7. The zero-order valence-corrected chi connectivity index (χ0v) is 13.6. The van der Waals surface area contributed by atoms with Crippen molar-refractivity contribution in [1.29, 1.82) is 0 Å². The van der Waals surface area contributed by atoms with Crippen LogP contribution in [0.15, 0.2) is 54.6 Å². The third kappa shape index (κ3) is 4.56. The molecule has 0 saturated heterocycles. The lowest BCUT2D eigenvalue weighted by Crippen LogP contribution is -1.83. The zero-order chi connectivity index (χ0) is 15.8. The van der Waals surface area contributed by atoms with Crippen molar-refractivity contribution in [3.8, 4) is 11.1 Å². The molecule has 0 bridgehead atoms. The van der Waals surface area contributed by atoms with E-state index in [9.17, 15) is 4.39 Å². The van der Waals surface area contributed by atoms with Crippen LogP contribution >= 0.6 is 0 Å². The molecule has 22 heavy (non-hydrogen) atoms. The van der Waals surface area contributed by atoms with Crippen molar-refractivity contribution in [2.75, 3.05) is 0 Å². The predicted octanol–water partition coefficient (Wildman–Crippen LogP) is 6.81. The molecule has 0 unspecified atom stereocenters. The summed E-state index contributed by atoms with van der Waals surface area (Å²) in [7, 11) is 0. The first-order valence-corrected chi connectivity index (χ1v) is 8.30. The molecule has 0 aliphatic carbocycles. The van der Waals surface area contributed by atoms with Gasteiger partial charge >= 0.3 is 0 Å². The fraction of sp³-hybridized carbons (Fsp3) is 0.333. The second kappa shape index (κ2) is 8.53. The highest BCUT2D eigenvalue weighted by Gasteiger charge is 2.02. The predicted molar refractivity (Wildman–Crippen MR) is 94.5 cm³/mol. The van der Waals surface area contributed by atoms with E-state index in [1.807, 2.05) is 24.3 Å². The standard InChI is InChI=1S/C21H25F/c1-3-5-6-7-8-21(22)20-15-13-19(14-16-20)18-11-9-17(4-2)10-12-18/h8-16H,3-7H2,1-2H3. The summed E-state index contributed by atoms with van der Waals surface area (Å²) >= 11 is 0. The van der Waals surface area contributed by atoms with Crippen molar-refractivity contribution < 1.29 is 4.39 Å². The average molecular weight is 296 g/mol. The lowest BCUT2D eigenvalue weighted by atomic mass is 10.0. The Labute approximate surface area is 133 Å². The van der Waals surface area contributed by atoms with Crippen LogP contribution in [0, 0.1) is 0 Å². The molecule has 116 valence electrons. The molecule has 2 aromatic carbocycles. The quantitative estimate of drug-likeness (QED) is 0.492. The van der Waals surface area contributed by atoms with Gasteiger partial charge in [0.2, 0.25) is 0 Å². The summed E-state index contributed by atoms with van der Waals surface area (Å²) in [4.78, 5) is 0. The summed E-state index contributed by atoms with van der Waals surface area (Å²) in [5.41, 5.74) is 4.31. The van der Waals surface area contributed by atoms with Crippen LogP contribution in [0.25, 0.3) is 17.0 Å². The molecule has 0 N–H and O–H groups in total. The van der Waals surface area contributed by atoms with Gasteiger partial charge in [0.15, 0.2) is 0 Å². The first-order valence-electron chi connectivity index (χ1n) is 8.30. The first kappa shape index (κ1) is 16.5. The molecular weight excluding hydrogens is 271 g/mol. The van der Waals surface area contributed by atoms with E-state index in [0.29, 0.717) is 5.56 Å². The normalized spacial score (nSPS) is 11.7. The van der Waals surface area contributed by atoms with Gasteiger partial charge in [-0.3, -0.25) is 0 Å². The fourth-order valence-corrected chi connectivity index (χ4v) is 2.50. The Morgan fingerprint density at radius 1 is 0.864 bits per heavy atom. The minimum absolute atomic E-state index is 0.107. The van der Waals surface area contributed by atoms with Gasteiger partial charge in [-0.15, -0.1) is 0 Å². The molecule has 0 aliphatic rings. The van der Waals surface area contributed by atoms with Gasteiger partial charge in [0.05, 0.1) is 0 Å². The molecule has 2 aromatic rings.